The summed E-state index contributed by atoms with van der Waals surface area (Å²) in [6.45, 7) is -0.0315. The molecule has 0 unspecified atom stereocenters. The Labute approximate surface area is 115 Å². The molecule has 0 radical (unpaired) electrons. The Bertz CT molecular complexity index is 712. The summed E-state index contributed by atoms with van der Waals surface area (Å²) in [6.07, 6.45) is 1.26. The van der Waals surface area contributed by atoms with E-state index in [0.29, 0.717) is 5.82 Å². The highest BCUT2D eigenvalue weighted by molar-refractivity contribution is 7.89. The van der Waals surface area contributed by atoms with Crippen molar-refractivity contribution in [2.75, 3.05) is 7.05 Å². The van der Waals surface area contributed by atoms with Crippen LogP contribution in [0, 0.1) is 0 Å². The summed E-state index contributed by atoms with van der Waals surface area (Å²) < 4.78 is 25.8. The van der Waals surface area contributed by atoms with Crippen LogP contribution in [0.4, 0.5) is 0 Å². The number of aromatic amines is 1. The van der Waals surface area contributed by atoms with Gasteiger partial charge in [0.1, 0.15) is 12.2 Å². The van der Waals surface area contributed by atoms with Crippen molar-refractivity contribution in [3.8, 4) is 0 Å². The quantitative estimate of drug-likeness (QED) is 0.821. The van der Waals surface area contributed by atoms with E-state index in [1.807, 2.05) is 0 Å². The standard InChI is InChI=1S/C11H12N4O4S/c1-15(6-10-12-7-13-14-10)20(18,19)9-5-3-2-4-8(9)11(16)17/h2-5,7H,6H2,1H3,(H,16,17)(H,12,13,14). The van der Waals surface area contributed by atoms with Crippen molar-refractivity contribution in [2.24, 2.45) is 0 Å². The van der Waals surface area contributed by atoms with Crippen LogP contribution in [-0.2, 0) is 16.6 Å². The highest BCUT2D eigenvalue weighted by atomic mass is 32.2. The average molecular weight is 296 g/mol. The van der Waals surface area contributed by atoms with Crippen LogP contribution in [0.3, 0.4) is 0 Å². The van der Waals surface area contributed by atoms with Gasteiger partial charge in [0, 0.05) is 7.05 Å². The van der Waals surface area contributed by atoms with Gasteiger partial charge in [0.15, 0.2) is 0 Å². The topological polar surface area (TPSA) is 116 Å². The Morgan fingerprint density at radius 2 is 2.10 bits per heavy atom. The second-order valence-electron chi connectivity index (χ2n) is 3.99. The van der Waals surface area contributed by atoms with Gasteiger partial charge in [-0.3, -0.25) is 5.10 Å². The van der Waals surface area contributed by atoms with Gasteiger partial charge in [-0.2, -0.15) is 9.40 Å². The second-order valence-corrected chi connectivity index (χ2v) is 6.01. The number of carboxylic acids is 1. The zero-order chi connectivity index (χ0) is 14.8. The van der Waals surface area contributed by atoms with Crippen LogP contribution in [0.15, 0.2) is 35.5 Å². The van der Waals surface area contributed by atoms with Crippen molar-refractivity contribution in [2.45, 2.75) is 11.4 Å². The predicted molar refractivity (Wildman–Crippen MR) is 68.4 cm³/mol. The lowest BCUT2D eigenvalue weighted by molar-refractivity contribution is 0.0692. The molecule has 106 valence electrons. The predicted octanol–water partition coefficient (Wildman–Crippen LogP) is 0.324. The highest BCUT2D eigenvalue weighted by Crippen LogP contribution is 2.20. The Morgan fingerprint density at radius 1 is 1.40 bits per heavy atom. The van der Waals surface area contributed by atoms with E-state index < -0.39 is 16.0 Å². The van der Waals surface area contributed by atoms with Gasteiger partial charge in [0.05, 0.1) is 17.0 Å². The molecule has 9 heteroatoms. The van der Waals surface area contributed by atoms with E-state index in [-0.39, 0.29) is 17.0 Å². The van der Waals surface area contributed by atoms with Crippen molar-refractivity contribution in [1.29, 1.82) is 0 Å². The molecule has 0 saturated carbocycles. The van der Waals surface area contributed by atoms with Crippen LogP contribution in [0.5, 0.6) is 0 Å². The van der Waals surface area contributed by atoms with Crippen molar-refractivity contribution >= 4 is 16.0 Å². The Balaban J connectivity index is 2.37. The zero-order valence-corrected chi connectivity index (χ0v) is 11.3. The molecule has 1 aromatic heterocycles. The largest absolute Gasteiger partial charge is 0.478 e. The molecule has 0 saturated heterocycles. The molecule has 0 aliphatic heterocycles. The molecule has 2 aromatic rings. The summed E-state index contributed by atoms with van der Waals surface area (Å²) in [5.41, 5.74) is -0.267. The fourth-order valence-electron chi connectivity index (χ4n) is 1.64. The number of rotatable bonds is 5. The van der Waals surface area contributed by atoms with Gasteiger partial charge >= 0.3 is 5.97 Å². The van der Waals surface area contributed by atoms with E-state index in [4.69, 9.17) is 5.11 Å². The molecule has 0 aliphatic rings. The number of carboxylic acid groups (broad SMARTS) is 1. The molecule has 0 bridgehead atoms. The number of sulfonamides is 1. The number of carbonyl (C=O) groups is 1. The molecule has 20 heavy (non-hydrogen) atoms. The third-order valence-corrected chi connectivity index (χ3v) is 4.50. The van der Waals surface area contributed by atoms with Gasteiger partial charge < -0.3 is 5.11 Å². The minimum atomic E-state index is -3.93. The Kier molecular flexibility index (Phi) is 3.81. The number of aromatic carboxylic acids is 1. The summed E-state index contributed by atoms with van der Waals surface area (Å²) in [5.74, 6) is -0.930. The summed E-state index contributed by atoms with van der Waals surface area (Å²) in [4.78, 5) is 14.7. The molecule has 0 aliphatic carbocycles. The molecule has 0 spiro atoms. The molecule has 1 aromatic carbocycles. The molecule has 8 nitrogen and oxygen atoms in total. The number of benzene rings is 1. The Hall–Kier alpha value is -2.26. The van der Waals surface area contributed by atoms with E-state index in [9.17, 15) is 13.2 Å². The first kappa shape index (κ1) is 14.2. The number of H-pyrrole nitrogens is 1. The van der Waals surface area contributed by atoms with Crippen LogP contribution in [0.25, 0.3) is 0 Å². The first-order chi connectivity index (χ1) is 9.43. The maximum Gasteiger partial charge on any atom is 0.337 e. The van der Waals surface area contributed by atoms with Gasteiger partial charge in [-0.15, -0.1) is 0 Å². The smallest absolute Gasteiger partial charge is 0.337 e. The van der Waals surface area contributed by atoms with Crippen molar-refractivity contribution < 1.29 is 18.3 Å². The molecule has 2 N–H and O–H groups in total. The SMILES string of the molecule is CN(Cc1ncn[nH]1)S(=O)(=O)c1ccccc1C(=O)O. The lowest BCUT2D eigenvalue weighted by atomic mass is 10.2. The highest BCUT2D eigenvalue weighted by Gasteiger charge is 2.26. The van der Waals surface area contributed by atoms with Crippen LogP contribution in [0.2, 0.25) is 0 Å². The fourth-order valence-corrected chi connectivity index (χ4v) is 2.95. The van der Waals surface area contributed by atoms with Gasteiger partial charge in [-0.1, -0.05) is 12.1 Å². The summed E-state index contributed by atoms with van der Waals surface area (Å²) in [7, 11) is -2.58. The van der Waals surface area contributed by atoms with Crippen molar-refractivity contribution in [3.05, 3.63) is 42.0 Å². The molecular formula is C11H12N4O4S. The number of hydrogen-bond acceptors (Lipinski definition) is 5. The van der Waals surface area contributed by atoms with Crippen molar-refractivity contribution in [3.63, 3.8) is 0 Å². The molecule has 1 heterocycles. The van der Waals surface area contributed by atoms with Crippen LogP contribution in [-0.4, -0.2) is 46.0 Å². The summed E-state index contributed by atoms with van der Waals surface area (Å²) >= 11 is 0. The van der Waals surface area contributed by atoms with Crippen molar-refractivity contribution in [1.82, 2.24) is 19.5 Å². The van der Waals surface area contributed by atoms with E-state index in [1.54, 1.807) is 0 Å². The third-order valence-electron chi connectivity index (χ3n) is 2.64. The average Bonchev–Trinajstić information content (AvgIpc) is 2.91. The lowest BCUT2D eigenvalue weighted by Crippen LogP contribution is -2.28. The second kappa shape index (κ2) is 5.39. The number of nitrogens with one attached hydrogen (secondary N) is 1. The van der Waals surface area contributed by atoms with E-state index in [2.05, 4.69) is 15.2 Å². The molecular weight excluding hydrogens is 284 g/mol. The first-order valence-corrected chi connectivity index (χ1v) is 7.00. The minimum Gasteiger partial charge on any atom is -0.478 e. The van der Waals surface area contributed by atoms with Gasteiger partial charge in [0.2, 0.25) is 10.0 Å². The van der Waals surface area contributed by atoms with Crippen LogP contribution < -0.4 is 0 Å². The van der Waals surface area contributed by atoms with E-state index >= 15 is 0 Å². The maximum absolute atomic E-state index is 12.4. The number of aromatic nitrogens is 3. The number of hydrogen-bond donors (Lipinski definition) is 2. The summed E-state index contributed by atoms with van der Waals surface area (Å²) in [5, 5.41) is 15.2. The molecule has 0 amide bonds. The molecule has 0 fully saturated rings. The molecule has 0 atom stereocenters. The minimum absolute atomic E-state index is 0.0315. The lowest BCUT2D eigenvalue weighted by Gasteiger charge is -2.17. The third kappa shape index (κ3) is 2.68. The monoisotopic (exact) mass is 296 g/mol. The normalized spacial score (nSPS) is 11.7. The fraction of sp³-hybridized carbons (Fsp3) is 0.182. The zero-order valence-electron chi connectivity index (χ0n) is 10.5. The first-order valence-electron chi connectivity index (χ1n) is 5.56. The number of nitrogens with zero attached hydrogens (tertiary/aromatic N) is 3. The Morgan fingerprint density at radius 3 is 2.70 bits per heavy atom. The van der Waals surface area contributed by atoms with Gasteiger partial charge in [0.25, 0.3) is 0 Å². The summed E-state index contributed by atoms with van der Waals surface area (Å²) in [6, 6.07) is 5.45. The van der Waals surface area contributed by atoms with Crippen LogP contribution in [0.1, 0.15) is 16.2 Å². The maximum atomic E-state index is 12.4. The molecule has 2 rings (SSSR count). The van der Waals surface area contributed by atoms with Gasteiger partial charge in [-0.05, 0) is 12.1 Å². The van der Waals surface area contributed by atoms with E-state index in [1.165, 1.54) is 37.6 Å². The van der Waals surface area contributed by atoms with Gasteiger partial charge in [-0.25, -0.2) is 18.2 Å². The van der Waals surface area contributed by atoms with E-state index in [0.717, 1.165) is 4.31 Å². The van der Waals surface area contributed by atoms with Crippen LogP contribution >= 0.6 is 0 Å².